The highest BCUT2D eigenvalue weighted by Crippen LogP contribution is 2.36. The summed E-state index contributed by atoms with van der Waals surface area (Å²) in [6, 6.07) is 8.07. The lowest BCUT2D eigenvalue weighted by molar-refractivity contribution is -0.123. The third kappa shape index (κ3) is 2.00. The maximum atomic E-state index is 12.8. The van der Waals surface area contributed by atoms with Crippen LogP contribution in [0.4, 0.5) is 11.4 Å². The molecule has 3 rings (SSSR count). The maximum Gasteiger partial charge on any atom is 0.247 e. The summed E-state index contributed by atoms with van der Waals surface area (Å²) in [5.41, 5.74) is 7.80. The van der Waals surface area contributed by atoms with Crippen molar-refractivity contribution < 1.29 is 4.79 Å². The zero-order valence-electron chi connectivity index (χ0n) is 11.4. The van der Waals surface area contributed by atoms with Gasteiger partial charge in [0.05, 0.1) is 16.9 Å². The number of carbonyl (C=O) groups is 1. The van der Waals surface area contributed by atoms with Gasteiger partial charge < -0.3 is 15.5 Å². The van der Waals surface area contributed by atoms with Crippen LogP contribution in [0.25, 0.3) is 0 Å². The lowest BCUT2D eigenvalue weighted by atomic mass is 9.96. The molecule has 1 amide bonds. The van der Waals surface area contributed by atoms with Gasteiger partial charge in [0.15, 0.2) is 0 Å². The van der Waals surface area contributed by atoms with Gasteiger partial charge in [-0.05, 0) is 25.0 Å². The first-order valence-corrected chi connectivity index (χ1v) is 7.03. The van der Waals surface area contributed by atoms with Crippen LogP contribution in [0.2, 0.25) is 0 Å². The van der Waals surface area contributed by atoms with Crippen LogP contribution in [0, 0.1) is 0 Å². The fraction of sp³-hybridized carbons (Fsp3) is 0.533. The lowest BCUT2D eigenvalue weighted by Gasteiger charge is -2.39. The van der Waals surface area contributed by atoms with Crippen LogP contribution in [0.3, 0.4) is 0 Å². The number of fused-ring (bicyclic) bond motifs is 1. The number of likely N-dealkylation sites (N-methyl/N-ethyl adjacent to an activating group) is 1. The van der Waals surface area contributed by atoms with Crippen molar-refractivity contribution in [1.82, 2.24) is 0 Å². The predicted molar refractivity (Wildman–Crippen MR) is 77.5 cm³/mol. The monoisotopic (exact) mass is 259 g/mol. The van der Waals surface area contributed by atoms with E-state index in [1.165, 1.54) is 0 Å². The average Bonchev–Trinajstić information content (AvgIpc) is 2.87. The van der Waals surface area contributed by atoms with Gasteiger partial charge >= 0.3 is 0 Å². The molecular weight excluding hydrogens is 238 g/mol. The van der Waals surface area contributed by atoms with E-state index < -0.39 is 5.54 Å². The highest BCUT2D eigenvalue weighted by Gasteiger charge is 2.41. The van der Waals surface area contributed by atoms with E-state index in [4.69, 9.17) is 5.73 Å². The minimum Gasteiger partial charge on any atom is -0.371 e. The summed E-state index contributed by atoms with van der Waals surface area (Å²) in [5.74, 6) is 0.102. The Bertz CT molecular complexity index is 494. The SMILES string of the molecule is CN1CCN(C(=O)C2(N)CCCC2)c2ccccc21. The van der Waals surface area contributed by atoms with E-state index >= 15 is 0 Å². The van der Waals surface area contributed by atoms with Crippen LogP contribution in [-0.2, 0) is 4.79 Å². The fourth-order valence-electron chi connectivity index (χ4n) is 3.21. The van der Waals surface area contributed by atoms with E-state index in [1.54, 1.807) is 0 Å². The topological polar surface area (TPSA) is 49.6 Å². The van der Waals surface area contributed by atoms with E-state index in [0.29, 0.717) is 0 Å². The van der Waals surface area contributed by atoms with Crippen LogP contribution in [-0.4, -0.2) is 31.6 Å². The molecule has 102 valence electrons. The molecule has 1 aromatic rings. The summed E-state index contributed by atoms with van der Waals surface area (Å²) >= 11 is 0. The number of benzene rings is 1. The molecule has 1 aromatic carbocycles. The Labute approximate surface area is 114 Å². The molecule has 1 fully saturated rings. The lowest BCUT2D eigenvalue weighted by Crippen LogP contribution is -2.56. The number of hydrogen-bond acceptors (Lipinski definition) is 3. The van der Waals surface area contributed by atoms with Gasteiger partial charge in [-0.25, -0.2) is 0 Å². The van der Waals surface area contributed by atoms with Crippen LogP contribution in [0.15, 0.2) is 24.3 Å². The molecule has 2 N–H and O–H groups in total. The van der Waals surface area contributed by atoms with Crippen molar-refractivity contribution in [3.05, 3.63) is 24.3 Å². The summed E-state index contributed by atoms with van der Waals surface area (Å²) in [7, 11) is 2.06. The largest absolute Gasteiger partial charge is 0.371 e. The Morgan fingerprint density at radius 2 is 1.79 bits per heavy atom. The van der Waals surface area contributed by atoms with Crippen molar-refractivity contribution in [1.29, 1.82) is 0 Å². The smallest absolute Gasteiger partial charge is 0.247 e. The van der Waals surface area contributed by atoms with Gasteiger partial charge in [-0.3, -0.25) is 4.79 Å². The van der Waals surface area contributed by atoms with Crippen molar-refractivity contribution in [3.8, 4) is 0 Å². The Balaban J connectivity index is 1.94. The molecule has 0 unspecified atom stereocenters. The van der Waals surface area contributed by atoms with Crippen molar-refractivity contribution in [2.24, 2.45) is 5.73 Å². The highest BCUT2D eigenvalue weighted by atomic mass is 16.2. The number of anilines is 2. The number of para-hydroxylation sites is 2. The molecular formula is C15H21N3O. The number of rotatable bonds is 1. The Kier molecular flexibility index (Phi) is 2.97. The van der Waals surface area contributed by atoms with Gasteiger partial charge in [-0.1, -0.05) is 25.0 Å². The Morgan fingerprint density at radius 3 is 2.47 bits per heavy atom. The van der Waals surface area contributed by atoms with Crippen LogP contribution >= 0.6 is 0 Å². The zero-order valence-corrected chi connectivity index (χ0v) is 11.4. The Hall–Kier alpha value is -1.55. The molecule has 0 atom stereocenters. The average molecular weight is 259 g/mol. The second-order valence-electron chi connectivity index (χ2n) is 5.73. The van der Waals surface area contributed by atoms with E-state index in [0.717, 1.165) is 50.1 Å². The quantitative estimate of drug-likeness (QED) is 0.835. The molecule has 0 bridgehead atoms. The molecule has 1 aliphatic heterocycles. The molecule has 0 aromatic heterocycles. The second kappa shape index (κ2) is 4.53. The minimum atomic E-state index is -0.636. The first-order chi connectivity index (χ1) is 9.12. The maximum absolute atomic E-state index is 12.8. The van der Waals surface area contributed by atoms with Gasteiger partial charge in [0.25, 0.3) is 0 Å². The van der Waals surface area contributed by atoms with Crippen molar-refractivity contribution >= 4 is 17.3 Å². The third-order valence-corrected chi connectivity index (χ3v) is 4.41. The summed E-state index contributed by atoms with van der Waals surface area (Å²) in [6.45, 7) is 1.59. The molecule has 0 radical (unpaired) electrons. The zero-order chi connectivity index (χ0) is 13.5. The molecule has 2 aliphatic rings. The molecule has 0 spiro atoms. The van der Waals surface area contributed by atoms with E-state index in [1.807, 2.05) is 23.1 Å². The van der Waals surface area contributed by atoms with Crippen molar-refractivity contribution in [2.75, 3.05) is 29.9 Å². The number of hydrogen-bond donors (Lipinski definition) is 1. The summed E-state index contributed by atoms with van der Waals surface area (Å²) in [6.07, 6.45) is 3.77. The summed E-state index contributed by atoms with van der Waals surface area (Å²) < 4.78 is 0. The second-order valence-corrected chi connectivity index (χ2v) is 5.73. The number of nitrogens with two attached hydrogens (primary N) is 1. The number of carbonyl (C=O) groups excluding carboxylic acids is 1. The molecule has 1 saturated carbocycles. The van der Waals surface area contributed by atoms with Gasteiger partial charge in [0, 0.05) is 20.1 Å². The first-order valence-electron chi connectivity index (χ1n) is 7.03. The first kappa shape index (κ1) is 12.5. The van der Waals surface area contributed by atoms with Gasteiger partial charge in [0.1, 0.15) is 0 Å². The van der Waals surface area contributed by atoms with Gasteiger partial charge in [-0.2, -0.15) is 0 Å². The predicted octanol–water partition coefficient (Wildman–Crippen LogP) is 1.74. The van der Waals surface area contributed by atoms with E-state index in [-0.39, 0.29) is 5.91 Å². The van der Waals surface area contributed by atoms with Crippen LogP contribution in [0.5, 0.6) is 0 Å². The number of amides is 1. The highest BCUT2D eigenvalue weighted by molar-refractivity contribution is 6.03. The van der Waals surface area contributed by atoms with Crippen molar-refractivity contribution in [3.63, 3.8) is 0 Å². The van der Waals surface area contributed by atoms with Gasteiger partial charge in [0.2, 0.25) is 5.91 Å². The van der Waals surface area contributed by atoms with E-state index in [9.17, 15) is 4.79 Å². The minimum absolute atomic E-state index is 0.102. The summed E-state index contributed by atoms with van der Waals surface area (Å²) in [5, 5.41) is 0. The Morgan fingerprint density at radius 1 is 1.16 bits per heavy atom. The van der Waals surface area contributed by atoms with E-state index in [2.05, 4.69) is 18.0 Å². The molecule has 4 nitrogen and oxygen atoms in total. The van der Waals surface area contributed by atoms with Crippen molar-refractivity contribution in [2.45, 2.75) is 31.2 Å². The van der Waals surface area contributed by atoms with Gasteiger partial charge in [-0.15, -0.1) is 0 Å². The third-order valence-electron chi connectivity index (χ3n) is 4.41. The normalized spacial score (nSPS) is 21.4. The van der Waals surface area contributed by atoms with Crippen LogP contribution < -0.4 is 15.5 Å². The molecule has 4 heteroatoms. The molecule has 0 saturated heterocycles. The molecule has 1 aliphatic carbocycles. The number of nitrogens with zero attached hydrogens (tertiary/aromatic N) is 2. The standard InChI is InChI=1S/C15H21N3O/c1-17-10-11-18(13-7-3-2-6-12(13)17)14(19)15(16)8-4-5-9-15/h2-3,6-7H,4-5,8-11,16H2,1H3. The molecule has 19 heavy (non-hydrogen) atoms. The summed E-state index contributed by atoms with van der Waals surface area (Å²) in [4.78, 5) is 16.9. The molecule has 1 heterocycles. The fourth-order valence-corrected chi connectivity index (χ4v) is 3.21. The van der Waals surface area contributed by atoms with Crippen LogP contribution in [0.1, 0.15) is 25.7 Å².